The van der Waals surface area contributed by atoms with Crippen LogP contribution in [0.5, 0.6) is 0 Å². The van der Waals surface area contributed by atoms with Crippen molar-refractivity contribution in [2.75, 3.05) is 13.2 Å². The van der Waals surface area contributed by atoms with Crippen LogP contribution in [0.15, 0.2) is 0 Å². The molecule has 4 N–H and O–H groups in total. The molecule has 16 heavy (non-hydrogen) atoms. The third-order valence-corrected chi connectivity index (χ3v) is 2.91. The third-order valence-electron chi connectivity index (χ3n) is 2.91. The number of carbonyl (C=O) groups excluding carboxylic acids is 1. The maximum absolute atomic E-state index is 11.5. The number of carbonyl (C=O) groups is 1. The Bertz CT molecular complexity index is 225. The second kappa shape index (κ2) is 6.06. The molecule has 0 aliphatic heterocycles. The molecule has 5 heteroatoms. The number of hydrogen-bond donors (Lipinski definition) is 4. The molecule has 0 bridgehead atoms. The molecule has 1 rings (SSSR count). The first-order valence-electron chi connectivity index (χ1n) is 5.91. The van der Waals surface area contributed by atoms with Gasteiger partial charge in [-0.05, 0) is 19.8 Å². The first-order chi connectivity index (χ1) is 7.53. The smallest absolute Gasteiger partial charge is 0.315 e. The number of amides is 2. The van der Waals surface area contributed by atoms with E-state index in [1.54, 1.807) is 0 Å². The van der Waals surface area contributed by atoms with Crippen molar-refractivity contribution in [1.29, 1.82) is 0 Å². The van der Waals surface area contributed by atoms with Gasteiger partial charge in [0.2, 0.25) is 0 Å². The maximum Gasteiger partial charge on any atom is 0.315 e. The van der Waals surface area contributed by atoms with Gasteiger partial charge in [0.05, 0.1) is 13.2 Å². The van der Waals surface area contributed by atoms with E-state index in [1.807, 2.05) is 0 Å². The van der Waals surface area contributed by atoms with Gasteiger partial charge in [-0.15, -0.1) is 0 Å². The Labute approximate surface area is 96.2 Å². The molecular formula is C11H22N2O3. The summed E-state index contributed by atoms with van der Waals surface area (Å²) in [6, 6.07) is -0.00606. The number of urea groups is 1. The molecule has 1 aliphatic carbocycles. The quantitative estimate of drug-likeness (QED) is 0.563. The van der Waals surface area contributed by atoms with Gasteiger partial charge in [0.1, 0.15) is 5.60 Å². The molecule has 0 aromatic rings. The van der Waals surface area contributed by atoms with Crippen LogP contribution in [0.1, 0.15) is 39.0 Å². The van der Waals surface area contributed by atoms with Crippen molar-refractivity contribution in [3.8, 4) is 0 Å². The lowest BCUT2D eigenvalue weighted by Gasteiger charge is -2.25. The lowest BCUT2D eigenvalue weighted by Crippen LogP contribution is -2.49. The van der Waals surface area contributed by atoms with E-state index in [4.69, 9.17) is 5.11 Å². The SMILES string of the molecule is CC(O)(CO)CNC(=O)NC1CCCCC1. The molecule has 0 radical (unpaired) electrons. The monoisotopic (exact) mass is 230 g/mol. The van der Waals surface area contributed by atoms with E-state index in [0.717, 1.165) is 12.8 Å². The summed E-state index contributed by atoms with van der Waals surface area (Å²) in [4.78, 5) is 11.5. The Balaban J connectivity index is 2.19. The molecular weight excluding hydrogens is 208 g/mol. The maximum atomic E-state index is 11.5. The van der Waals surface area contributed by atoms with Gasteiger partial charge in [-0.2, -0.15) is 0 Å². The van der Waals surface area contributed by atoms with E-state index < -0.39 is 5.60 Å². The Kier molecular flexibility index (Phi) is 5.02. The average Bonchev–Trinajstić information content (AvgIpc) is 2.28. The van der Waals surface area contributed by atoms with Gasteiger partial charge in [0.25, 0.3) is 0 Å². The van der Waals surface area contributed by atoms with Crippen LogP contribution in [0, 0.1) is 0 Å². The van der Waals surface area contributed by atoms with Gasteiger partial charge in [-0.25, -0.2) is 4.79 Å². The van der Waals surface area contributed by atoms with E-state index in [2.05, 4.69) is 10.6 Å². The summed E-state index contributed by atoms with van der Waals surface area (Å²) in [7, 11) is 0. The molecule has 2 amide bonds. The zero-order valence-electron chi connectivity index (χ0n) is 9.83. The lowest BCUT2D eigenvalue weighted by molar-refractivity contribution is 0.00474. The summed E-state index contributed by atoms with van der Waals surface area (Å²) in [6.07, 6.45) is 5.64. The minimum absolute atomic E-state index is 0.0576. The first-order valence-corrected chi connectivity index (χ1v) is 5.91. The molecule has 0 aromatic carbocycles. The highest BCUT2D eigenvalue weighted by molar-refractivity contribution is 5.74. The highest BCUT2D eigenvalue weighted by Crippen LogP contribution is 2.17. The molecule has 5 nitrogen and oxygen atoms in total. The first kappa shape index (κ1) is 13.3. The van der Waals surface area contributed by atoms with Crippen LogP contribution in [0.4, 0.5) is 4.79 Å². The molecule has 1 fully saturated rings. The van der Waals surface area contributed by atoms with Gasteiger partial charge in [0.15, 0.2) is 0 Å². The van der Waals surface area contributed by atoms with E-state index in [9.17, 15) is 9.90 Å². The van der Waals surface area contributed by atoms with Crippen LogP contribution < -0.4 is 10.6 Å². The highest BCUT2D eigenvalue weighted by atomic mass is 16.3. The van der Waals surface area contributed by atoms with Crippen molar-refractivity contribution >= 4 is 6.03 Å². The van der Waals surface area contributed by atoms with Crippen LogP contribution in [0.2, 0.25) is 0 Å². The topological polar surface area (TPSA) is 81.6 Å². The molecule has 94 valence electrons. The zero-order valence-corrected chi connectivity index (χ0v) is 9.83. The summed E-state index contributed by atoms with van der Waals surface area (Å²) in [5, 5.41) is 23.7. The molecule has 1 unspecified atom stereocenters. The standard InChI is InChI=1S/C11H22N2O3/c1-11(16,8-14)7-12-10(15)13-9-5-3-2-4-6-9/h9,14,16H,2-8H2,1H3,(H2,12,13,15). The second-order valence-electron chi connectivity index (χ2n) is 4.82. The molecule has 0 spiro atoms. The number of aliphatic hydroxyl groups excluding tert-OH is 1. The third kappa shape index (κ3) is 4.81. The Morgan fingerprint density at radius 2 is 2.00 bits per heavy atom. The van der Waals surface area contributed by atoms with Gasteiger partial charge in [-0.1, -0.05) is 19.3 Å². The number of rotatable bonds is 4. The number of hydrogen-bond acceptors (Lipinski definition) is 3. The van der Waals surface area contributed by atoms with Gasteiger partial charge >= 0.3 is 6.03 Å². The fourth-order valence-corrected chi connectivity index (χ4v) is 1.81. The van der Waals surface area contributed by atoms with E-state index in [1.165, 1.54) is 26.2 Å². The lowest BCUT2D eigenvalue weighted by atomic mass is 9.96. The van der Waals surface area contributed by atoms with Crippen molar-refractivity contribution in [3.05, 3.63) is 0 Å². The average molecular weight is 230 g/mol. The van der Waals surface area contributed by atoms with Crippen molar-refractivity contribution in [2.24, 2.45) is 0 Å². The Hall–Kier alpha value is -0.810. The summed E-state index contributed by atoms with van der Waals surface area (Å²) < 4.78 is 0. The molecule has 0 aromatic heterocycles. The minimum atomic E-state index is -1.25. The van der Waals surface area contributed by atoms with Crippen LogP contribution in [0.3, 0.4) is 0 Å². The zero-order chi connectivity index (χ0) is 12.0. The van der Waals surface area contributed by atoms with Gasteiger partial charge < -0.3 is 20.8 Å². The largest absolute Gasteiger partial charge is 0.393 e. The molecule has 1 saturated carbocycles. The normalized spacial score (nSPS) is 21.2. The Morgan fingerprint density at radius 1 is 1.38 bits per heavy atom. The summed E-state index contributed by atoms with van der Waals surface area (Å²) in [6.45, 7) is 1.17. The van der Waals surface area contributed by atoms with Crippen LogP contribution in [-0.4, -0.2) is 41.0 Å². The Morgan fingerprint density at radius 3 is 2.56 bits per heavy atom. The van der Waals surface area contributed by atoms with E-state index in [-0.39, 0.29) is 25.2 Å². The summed E-state index contributed by atoms with van der Waals surface area (Å²) >= 11 is 0. The summed E-state index contributed by atoms with van der Waals surface area (Å²) in [5.41, 5.74) is -1.25. The molecule has 1 atom stereocenters. The van der Waals surface area contributed by atoms with Gasteiger partial charge in [0, 0.05) is 6.04 Å². The fourth-order valence-electron chi connectivity index (χ4n) is 1.81. The van der Waals surface area contributed by atoms with Crippen molar-refractivity contribution in [2.45, 2.75) is 50.7 Å². The van der Waals surface area contributed by atoms with Crippen LogP contribution in [0.25, 0.3) is 0 Å². The van der Waals surface area contributed by atoms with Crippen molar-refractivity contribution in [3.63, 3.8) is 0 Å². The van der Waals surface area contributed by atoms with Crippen molar-refractivity contribution in [1.82, 2.24) is 10.6 Å². The summed E-state index contributed by atoms with van der Waals surface area (Å²) in [5.74, 6) is 0. The van der Waals surface area contributed by atoms with Crippen LogP contribution in [-0.2, 0) is 0 Å². The fraction of sp³-hybridized carbons (Fsp3) is 0.909. The second-order valence-corrected chi connectivity index (χ2v) is 4.82. The molecule has 0 saturated heterocycles. The van der Waals surface area contributed by atoms with Gasteiger partial charge in [-0.3, -0.25) is 0 Å². The number of nitrogens with one attached hydrogen (secondary N) is 2. The van der Waals surface area contributed by atoms with Crippen molar-refractivity contribution < 1.29 is 15.0 Å². The predicted molar refractivity (Wildman–Crippen MR) is 61.1 cm³/mol. The highest BCUT2D eigenvalue weighted by Gasteiger charge is 2.21. The molecule has 0 heterocycles. The predicted octanol–water partition coefficient (Wildman–Crippen LogP) is 0.362. The van der Waals surface area contributed by atoms with E-state index >= 15 is 0 Å². The minimum Gasteiger partial charge on any atom is -0.393 e. The number of aliphatic hydroxyl groups is 2. The van der Waals surface area contributed by atoms with E-state index in [0.29, 0.717) is 0 Å². The molecule has 1 aliphatic rings. The van der Waals surface area contributed by atoms with Crippen LogP contribution >= 0.6 is 0 Å².